The van der Waals surface area contributed by atoms with Gasteiger partial charge in [0.15, 0.2) is 0 Å². The zero-order valence-corrected chi connectivity index (χ0v) is 13.3. The van der Waals surface area contributed by atoms with Gasteiger partial charge in [0.05, 0.1) is 17.7 Å². The summed E-state index contributed by atoms with van der Waals surface area (Å²) in [7, 11) is -3.60. The van der Waals surface area contributed by atoms with Crippen molar-refractivity contribution < 1.29 is 12.8 Å². The van der Waals surface area contributed by atoms with E-state index in [1.165, 1.54) is 16.6 Å². The first kappa shape index (κ1) is 15.1. The summed E-state index contributed by atoms with van der Waals surface area (Å²) in [4.78, 5) is 0.195. The molecule has 2 rings (SSSR count). The molecule has 0 unspecified atom stereocenters. The SMILES string of the molecule is CCN(Cc1ccco1)S(=O)(=O)c1ccc(N)cc1Br. The summed E-state index contributed by atoms with van der Waals surface area (Å²) in [5, 5.41) is 0. The van der Waals surface area contributed by atoms with Crippen molar-refractivity contribution in [3.8, 4) is 0 Å². The highest BCUT2D eigenvalue weighted by molar-refractivity contribution is 9.10. The fourth-order valence-corrected chi connectivity index (χ4v) is 4.28. The van der Waals surface area contributed by atoms with Gasteiger partial charge >= 0.3 is 0 Å². The molecule has 0 amide bonds. The number of nitrogens with zero attached hydrogens (tertiary/aromatic N) is 1. The summed E-state index contributed by atoms with van der Waals surface area (Å²) in [6.07, 6.45) is 1.52. The molecule has 0 saturated carbocycles. The number of anilines is 1. The summed E-state index contributed by atoms with van der Waals surface area (Å²) < 4.78 is 32.3. The molecule has 0 aliphatic rings. The molecular weight excluding hydrogens is 344 g/mol. The largest absolute Gasteiger partial charge is 0.468 e. The Labute approximate surface area is 126 Å². The van der Waals surface area contributed by atoms with Crippen molar-refractivity contribution in [2.45, 2.75) is 18.4 Å². The molecule has 0 radical (unpaired) electrons. The van der Waals surface area contributed by atoms with E-state index in [4.69, 9.17) is 10.2 Å². The van der Waals surface area contributed by atoms with Gasteiger partial charge in [0.1, 0.15) is 5.76 Å². The predicted octanol–water partition coefficient (Wildman–Crippen LogP) is 2.84. The van der Waals surface area contributed by atoms with Crippen LogP contribution in [0.15, 0.2) is 50.4 Å². The highest BCUT2D eigenvalue weighted by Gasteiger charge is 2.26. The molecule has 0 spiro atoms. The maximum Gasteiger partial charge on any atom is 0.244 e. The van der Waals surface area contributed by atoms with Crippen LogP contribution in [0.2, 0.25) is 0 Å². The van der Waals surface area contributed by atoms with Crippen LogP contribution in [0.3, 0.4) is 0 Å². The van der Waals surface area contributed by atoms with E-state index < -0.39 is 10.0 Å². The molecule has 20 heavy (non-hydrogen) atoms. The van der Waals surface area contributed by atoms with Crippen molar-refractivity contribution in [3.05, 3.63) is 46.8 Å². The van der Waals surface area contributed by atoms with Gasteiger partial charge in [-0.1, -0.05) is 6.92 Å². The molecule has 108 valence electrons. The number of benzene rings is 1. The van der Waals surface area contributed by atoms with Crippen molar-refractivity contribution >= 4 is 31.6 Å². The quantitative estimate of drug-likeness (QED) is 0.833. The van der Waals surface area contributed by atoms with Crippen LogP contribution in [0.25, 0.3) is 0 Å². The topological polar surface area (TPSA) is 76.5 Å². The Kier molecular flexibility index (Phi) is 4.52. The summed E-state index contributed by atoms with van der Waals surface area (Å²) in [5.74, 6) is 0.599. The molecule has 0 atom stereocenters. The first-order valence-corrected chi connectivity index (χ1v) is 8.26. The van der Waals surface area contributed by atoms with Crippen LogP contribution >= 0.6 is 15.9 Å². The molecule has 1 heterocycles. The minimum absolute atomic E-state index is 0.195. The molecular formula is C13H15BrN2O3S. The van der Waals surface area contributed by atoms with Gasteiger partial charge in [0.25, 0.3) is 0 Å². The maximum absolute atomic E-state index is 12.6. The van der Waals surface area contributed by atoms with Gasteiger partial charge in [-0.3, -0.25) is 0 Å². The summed E-state index contributed by atoms with van der Waals surface area (Å²) in [5.41, 5.74) is 6.14. The standard InChI is InChI=1S/C13H15BrN2O3S/c1-2-16(9-11-4-3-7-19-11)20(17,18)13-6-5-10(15)8-12(13)14/h3-8H,2,9,15H2,1H3. The van der Waals surface area contributed by atoms with E-state index in [0.29, 0.717) is 22.5 Å². The molecule has 1 aromatic carbocycles. The monoisotopic (exact) mass is 358 g/mol. The van der Waals surface area contributed by atoms with Gasteiger partial charge in [0, 0.05) is 16.7 Å². The lowest BCUT2D eigenvalue weighted by atomic mass is 10.3. The predicted molar refractivity (Wildman–Crippen MR) is 80.5 cm³/mol. The summed E-state index contributed by atoms with van der Waals surface area (Å²) in [6.45, 7) is 2.33. The van der Waals surface area contributed by atoms with Crippen LogP contribution in [-0.2, 0) is 16.6 Å². The number of rotatable bonds is 5. The Morgan fingerprint density at radius 1 is 1.35 bits per heavy atom. The zero-order chi connectivity index (χ0) is 14.8. The molecule has 2 aromatic rings. The van der Waals surface area contributed by atoms with E-state index in [-0.39, 0.29) is 11.4 Å². The van der Waals surface area contributed by atoms with Crippen molar-refractivity contribution in [3.63, 3.8) is 0 Å². The Morgan fingerprint density at radius 2 is 2.10 bits per heavy atom. The number of furan rings is 1. The smallest absolute Gasteiger partial charge is 0.244 e. The van der Waals surface area contributed by atoms with Gasteiger partial charge in [-0.05, 0) is 46.3 Å². The lowest BCUT2D eigenvalue weighted by Gasteiger charge is -2.20. The first-order chi connectivity index (χ1) is 9.45. The average Bonchev–Trinajstić information content (AvgIpc) is 2.88. The fraction of sp³-hybridized carbons (Fsp3) is 0.231. The molecule has 0 aliphatic carbocycles. The van der Waals surface area contributed by atoms with Crippen molar-refractivity contribution in [2.24, 2.45) is 0 Å². The van der Waals surface area contributed by atoms with Crippen molar-refractivity contribution in [1.29, 1.82) is 0 Å². The number of nitrogen functional groups attached to an aromatic ring is 1. The maximum atomic E-state index is 12.6. The number of sulfonamides is 1. The third-order valence-electron chi connectivity index (χ3n) is 2.84. The highest BCUT2D eigenvalue weighted by atomic mass is 79.9. The van der Waals surface area contributed by atoms with E-state index in [1.807, 2.05) is 0 Å². The number of hydrogen-bond donors (Lipinski definition) is 1. The second-order valence-corrected chi connectivity index (χ2v) is 6.96. The number of hydrogen-bond acceptors (Lipinski definition) is 4. The van der Waals surface area contributed by atoms with E-state index >= 15 is 0 Å². The van der Waals surface area contributed by atoms with Crippen LogP contribution in [0.5, 0.6) is 0 Å². The second kappa shape index (κ2) is 5.99. The molecule has 0 fully saturated rings. The highest BCUT2D eigenvalue weighted by Crippen LogP contribution is 2.27. The number of halogens is 1. The van der Waals surface area contributed by atoms with E-state index in [1.54, 1.807) is 31.2 Å². The van der Waals surface area contributed by atoms with Crippen LogP contribution in [0.1, 0.15) is 12.7 Å². The minimum Gasteiger partial charge on any atom is -0.468 e. The Hall–Kier alpha value is -1.31. The lowest BCUT2D eigenvalue weighted by Crippen LogP contribution is -2.30. The Morgan fingerprint density at radius 3 is 2.65 bits per heavy atom. The third kappa shape index (κ3) is 3.05. The second-order valence-electron chi connectivity index (χ2n) is 4.20. The third-order valence-corrected chi connectivity index (χ3v) is 5.74. The van der Waals surface area contributed by atoms with Crippen molar-refractivity contribution in [2.75, 3.05) is 12.3 Å². The Balaban J connectivity index is 2.36. The van der Waals surface area contributed by atoms with E-state index in [0.717, 1.165) is 0 Å². The summed E-state index contributed by atoms with van der Waals surface area (Å²) in [6, 6.07) is 8.12. The summed E-state index contributed by atoms with van der Waals surface area (Å²) >= 11 is 3.25. The minimum atomic E-state index is -3.60. The van der Waals surface area contributed by atoms with Crippen LogP contribution < -0.4 is 5.73 Å². The van der Waals surface area contributed by atoms with Crippen LogP contribution in [0, 0.1) is 0 Å². The van der Waals surface area contributed by atoms with Gasteiger partial charge < -0.3 is 10.2 Å². The van der Waals surface area contributed by atoms with Gasteiger partial charge in [-0.25, -0.2) is 8.42 Å². The lowest BCUT2D eigenvalue weighted by molar-refractivity contribution is 0.375. The van der Waals surface area contributed by atoms with Gasteiger partial charge in [-0.2, -0.15) is 4.31 Å². The molecule has 0 saturated heterocycles. The van der Waals surface area contributed by atoms with E-state index in [2.05, 4.69) is 15.9 Å². The zero-order valence-electron chi connectivity index (χ0n) is 10.9. The molecule has 0 bridgehead atoms. The first-order valence-electron chi connectivity index (χ1n) is 6.02. The van der Waals surface area contributed by atoms with Gasteiger partial charge in [0.2, 0.25) is 10.0 Å². The average molecular weight is 359 g/mol. The van der Waals surface area contributed by atoms with E-state index in [9.17, 15) is 8.42 Å². The number of nitrogens with two attached hydrogens (primary N) is 1. The van der Waals surface area contributed by atoms with Crippen LogP contribution in [-0.4, -0.2) is 19.3 Å². The van der Waals surface area contributed by atoms with Crippen LogP contribution in [0.4, 0.5) is 5.69 Å². The fourth-order valence-electron chi connectivity index (χ4n) is 1.81. The Bertz CT molecular complexity index is 684. The molecule has 0 aliphatic heterocycles. The molecule has 1 aromatic heterocycles. The molecule has 5 nitrogen and oxygen atoms in total. The normalized spacial score (nSPS) is 11.9. The molecule has 2 N–H and O–H groups in total. The molecule has 7 heteroatoms. The van der Waals surface area contributed by atoms with Crippen molar-refractivity contribution in [1.82, 2.24) is 4.31 Å². The van der Waals surface area contributed by atoms with Gasteiger partial charge in [-0.15, -0.1) is 0 Å².